The van der Waals surface area contributed by atoms with Crippen LogP contribution in [0.2, 0.25) is 0 Å². The normalized spacial score (nSPS) is 10.3. The molecule has 0 amide bonds. The fourth-order valence-electron chi connectivity index (χ4n) is 1.71. The second kappa shape index (κ2) is 4.41. The van der Waals surface area contributed by atoms with Gasteiger partial charge in [-0.05, 0) is 19.1 Å². The van der Waals surface area contributed by atoms with Crippen molar-refractivity contribution in [1.29, 1.82) is 0 Å². The third kappa shape index (κ3) is 2.20. The second-order valence-electron chi connectivity index (χ2n) is 3.90. The van der Waals surface area contributed by atoms with E-state index in [-0.39, 0.29) is 5.97 Å². The van der Waals surface area contributed by atoms with Crippen molar-refractivity contribution >= 4 is 5.97 Å². The summed E-state index contributed by atoms with van der Waals surface area (Å²) in [7, 11) is 3.09. The number of aryl methyl sites for hydroxylation is 2. The van der Waals surface area contributed by atoms with Crippen LogP contribution < -0.4 is 0 Å². The van der Waals surface area contributed by atoms with Crippen molar-refractivity contribution in [3.63, 3.8) is 0 Å². The number of ether oxygens (including phenoxy) is 1. The second-order valence-corrected chi connectivity index (χ2v) is 3.90. The molecule has 4 nitrogen and oxygen atoms in total. The number of aromatic nitrogens is 2. The molecule has 0 saturated heterocycles. The van der Waals surface area contributed by atoms with Gasteiger partial charge in [-0.25, -0.2) is 4.79 Å². The van der Waals surface area contributed by atoms with Crippen LogP contribution in [0.5, 0.6) is 0 Å². The van der Waals surface area contributed by atoms with E-state index >= 15 is 0 Å². The number of rotatable bonds is 2. The predicted molar refractivity (Wildman–Crippen MR) is 64.7 cm³/mol. The molecule has 0 aliphatic carbocycles. The van der Waals surface area contributed by atoms with Gasteiger partial charge in [0, 0.05) is 12.6 Å². The van der Waals surface area contributed by atoms with Crippen molar-refractivity contribution in [2.24, 2.45) is 7.05 Å². The third-order valence-electron chi connectivity index (χ3n) is 2.59. The van der Waals surface area contributed by atoms with Gasteiger partial charge in [0.25, 0.3) is 0 Å². The molecule has 2 rings (SSSR count). The van der Waals surface area contributed by atoms with Gasteiger partial charge in [-0.3, -0.25) is 4.68 Å². The van der Waals surface area contributed by atoms with Gasteiger partial charge >= 0.3 is 5.97 Å². The van der Waals surface area contributed by atoms with Crippen LogP contribution in [0.25, 0.3) is 11.3 Å². The summed E-state index contributed by atoms with van der Waals surface area (Å²) in [6.07, 6.45) is 0. The van der Waals surface area contributed by atoms with Gasteiger partial charge in [0.15, 0.2) is 0 Å². The van der Waals surface area contributed by atoms with Crippen molar-refractivity contribution in [3.8, 4) is 11.3 Å². The van der Waals surface area contributed by atoms with Crippen LogP contribution in [0.4, 0.5) is 0 Å². The first-order valence-corrected chi connectivity index (χ1v) is 5.31. The van der Waals surface area contributed by atoms with E-state index in [9.17, 15) is 4.79 Å². The lowest BCUT2D eigenvalue weighted by atomic mass is 10.1. The Morgan fingerprint density at radius 3 is 2.76 bits per heavy atom. The Hall–Kier alpha value is -2.10. The topological polar surface area (TPSA) is 44.1 Å². The molecule has 0 fully saturated rings. The van der Waals surface area contributed by atoms with Crippen LogP contribution in [0.15, 0.2) is 30.3 Å². The van der Waals surface area contributed by atoms with E-state index in [0.29, 0.717) is 5.69 Å². The predicted octanol–water partition coefficient (Wildman–Crippen LogP) is 2.18. The molecule has 1 aromatic carbocycles. The van der Waals surface area contributed by atoms with Gasteiger partial charge in [0.1, 0.15) is 5.69 Å². The first-order chi connectivity index (χ1) is 8.11. The quantitative estimate of drug-likeness (QED) is 0.743. The fraction of sp³-hybridized carbons (Fsp3) is 0.231. The first-order valence-electron chi connectivity index (χ1n) is 5.31. The van der Waals surface area contributed by atoms with Gasteiger partial charge in [0.05, 0.1) is 12.8 Å². The Labute approximate surface area is 99.8 Å². The highest BCUT2D eigenvalue weighted by atomic mass is 16.5. The molecule has 0 spiro atoms. The number of carbonyl (C=O) groups excluding carboxylic acids is 1. The summed E-state index contributed by atoms with van der Waals surface area (Å²) < 4.78 is 6.22. The zero-order valence-corrected chi connectivity index (χ0v) is 10.1. The molecular formula is C13H14N2O2. The molecule has 0 bridgehead atoms. The maximum absolute atomic E-state index is 11.5. The van der Waals surface area contributed by atoms with E-state index in [1.54, 1.807) is 13.1 Å². The minimum Gasteiger partial charge on any atom is -0.464 e. The number of nitrogens with zero attached hydrogens (tertiary/aromatic N) is 2. The number of benzene rings is 1. The molecule has 2 aromatic rings. The zero-order chi connectivity index (χ0) is 12.4. The van der Waals surface area contributed by atoms with Gasteiger partial charge in [0.2, 0.25) is 0 Å². The highest BCUT2D eigenvalue weighted by Crippen LogP contribution is 2.20. The molecule has 4 heteroatoms. The monoisotopic (exact) mass is 230 g/mol. The maximum atomic E-state index is 11.5. The van der Waals surface area contributed by atoms with E-state index in [1.165, 1.54) is 11.8 Å². The Kier molecular flexibility index (Phi) is 2.95. The molecule has 0 aliphatic heterocycles. The Morgan fingerprint density at radius 1 is 1.35 bits per heavy atom. The highest BCUT2D eigenvalue weighted by Gasteiger charge is 2.14. The Balaban J connectivity index is 2.44. The number of carbonyl (C=O) groups is 1. The van der Waals surface area contributed by atoms with Crippen LogP contribution in [-0.2, 0) is 11.8 Å². The lowest BCUT2D eigenvalue weighted by Gasteiger charge is -1.97. The first kappa shape index (κ1) is 11.4. The number of methoxy groups -OCH3 is 1. The average Bonchev–Trinajstić information content (AvgIpc) is 2.70. The number of hydrogen-bond donors (Lipinski definition) is 0. The molecule has 0 unspecified atom stereocenters. The molecule has 0 atom stereocenters. The smallest absolute Gasteiger partial charge is 0.356 e. The van der Waals surface area contributed by atoms with E-state index in [0.717, 1.165) is 16.8 Å². The van der Waals surface area contributed by atoms with Crippen LogP contribution in [-0.4, -0.2) is 22.9 Å². The molecule has 0 radical (unpaired) electrons. The molecule has 0 aliphatic rings. The standard InChI is InChI=1S/C13H14N2O2/c1-9-5-4-6-10(7-9)11-8-12(13(16)17-3)15(2)14-11/h4-8H,1-3H3. The molecule has 17 heavy (non-hydrogen) atoms. The van der Waals surface area contributed by atoms with Crippen molar-refractivity contribution in [2.45, 2.75) is 6.92 Å². The van der Waals surface area contributed by atoms with Gasteiger partial charge in [-0.15, -0.1) is 0 Å². The summed E-state index contributed by atoms with van der Waals surface area (Å²) in [5, 5.41) is 4.31. The summed E-state index contributed by atoms with van der Waals surface area (Å²) >= 11 is 0. The summed E-state index contributed by atoms with van der Waals surface area (Å²) in [5.41, 5.74) is 3.38. The van der Waals surface area contributed by atoms with E-state index < -0.39 is 0 Å². The van der Waals surface area contributed by atoms with Crippen LogP contribution >= 0.6 is 0 Å². The van der Waals surface area contributed by atoms with E-state index in [2.05, 4.69) is 5.10 Å². The molecular weight excluding hydrogens is 216 g/mol. The van der Waals surface area contributed by atoms with Crippen LogP contribution in [0.1, 0.15) is 16.1 Å². The van der Waals surface area contributed by atoms with E-state index in [4.69, 9.17) is 4.74 Å². The summed E-state index contributed by atoms with van der Waals surface area (Å²) in [5.74, 6) is -0.376. The van der Waals surface area contributed by atoms with Crippen LogP contribution in [0.3, 0.4) is 0 Å². The lowest BCUT2D eigenvalue weighted by molar-refractivity contribution is 0.0588. The van der Waals surface area contributed by atoms with E-state index in [1.807, 2.05) is 31.2 Å². The molecule has 88 valence electrons. The number of esters is 1. The highest BCUT2D eigenvalue weighted by molar-refractivity contribution is 5.88. The zero-order valence-electron chi connectivity index (χ0n) is 10.1. The average molecular weight is 230 g/mol. The van der Waals surface area contributed by atoms with Gasteiger partial charge < -0.3 is 4.74 Å². The molecule has 0 saturated carbocycles. The van der Waals surface area contributed by atoms with Crippen molar-refractivity contribution in [3.05, 3.63) is 41.6 Å². The molecule has 1 heterocycles. The SMILES string of the molecule is COC(=O)c1cc(-c2cccc(C)c2)nn1C. The summed E-state index contributed by atoms with van der Waals surface area (Å²) in [6.45, 7) is 2.02. The van der Waals surface area contributed by atoms with Crippen molar-refractivity contribution in [2.75, 3.05) is 7.11 Å². The lowest BCUT2D eigenvalue weighted by Crippen LogP contribution is -2.07. The van der Waals surface area contributed by atoms with Gasteiger partial charge in [-0.2, -0.15) is 5.10 Å². The third-order valence-corrected chi connectivity index (χ3v) is 2.59. The fourth-order valence-corrected chi connectivity index (χ4v) is 1.71. The minimum atomic E-state index is -0.376. The van der Waals surface area contributed by atoms with Crippen LogP contribution in [0, 0.1) is 6.92 Å². The largest absolute Gasteiger partial charge is 0.464 e. The Morgan fingerprint density at radius 2 is 2.12 bits per heavy atom. The van der Waals surface area contributed by atoms with Gasteiger partial charge in [-0.1, -0.05) is 23.8 Å². The van der Waals surface area contributed by atoms with Crippen molar-refractivity contribution in [1.82, 2.24) is 9.78 Å². The summed E-state index contributed by atoms with van der Waals surface area (Å²) in [6, 6.07) is 9.73. The molecule has 0 N–H and O–H groups in total. The minimum absolute atomic E-state index is 0.376. The number of hydrogen-bond acceptors (Lipinski definition) is 3. The molecule has 1 aromatic heterocycles. The summed E-state index contributed by atoms with van der Waals surface area (Å²) in [4.78, 5) is 11.5. The maximum Gasteiger partial charge on any atom is 0.356 e. The Bertz CT molecular complexity index is 558. The van der Waals surface area contributed by atoms with Crippen molar-refractivity contribution < 1.29 is 9.53 Å².